The molecule has 0 bridgehead atoms. The number of likely N-dealkylation sites (tertiary alicyclic amines) is 1. The van der Waals surface area contributed by atoms with Crippen LogP contribution in [0.25, 0.3) is 0 Å². The third kappa shape index (κ3) is 6.76. The predicted molar refractivity (Wildman–Crippen MR) is 174 cm³/mol. The third-order valence-corrected chi connectivity index (χ3v) is 9.82. The van der Waals surface area contributed by atoms with Gasteiger partial charge in [-0.05, 0) is 115 Å². The van der Waals surface area contributed by atoms with E-state index in [0.717, 1.165) is 44.3 Å². The summed E-state index contributed by atoms with van der Waals surface area (Å²) in [6, 6.07) is 9.78. The van der Waals surface area contributed by atoms with Crippen molar-refractivity contribution < 1.29 is 29.3 Å². The van der Waals surface area contributed by atoms with Crippen molar-refractivity contribution in [1.29, 1.82) is 0 Å². The Morgan fingerprint density at radius 1 is 1.00 bits per heavy atom. The smallest absolute Gasteiger partial charge is 0.417 e. The second kappa shape index (κ2) is 13.5. The van der Waals surface area contributed by atoms with Gasteiger partial charge in [0.05, 0.1) is 11.2 Å². The molecule has 3 N–H and O–H groups in total. The van der Waals surface area contributed by atoms with Crippen LogP contribution in [0.3, 0.4) is 0 Å². The lowest BCUT2D eigenvalue weighted by Crippen LogP contribution is -2.69. The predicted octanol–water partition coefficient (Wildman–Crippen LogP) is 7.73. The maximum atomic E-state index is 12.9. The van der Waals surface area contributed by atoms with E-state index in [4.69, 9.17) is 9.47 Å². The second-order valence-corrected chi connectivity index (χ2v) is 13.6. The van der Waals surface area contributed by atoms with Crippen LogP contribution in [0.4, 0.5) is 10.5 Å². The number of aromatic hydroxyl groups is 1. The van der Waals surface area contributed by atoms with Gasteiger partial charge >= 0.3 is 12.1 Å². The van der Waals surface area contributed by atoms with Gasteiger partial charge in [-0.1, -0.05) is 39.2 Å². The number of piperidine rings is 1. The first-order chi connectivity index (χ1) is 20.8. The van der Waals surface area contributed by atoms with Crippen LogP contribution in [0.5, 0.6) is 11.5 Å². The van der Waals surface area contributed by atoms with Crippen molar-refractivity contribution in [1.82, 2.24) is 4.90 Å². The molecule has 44 heavy (non-hydrogen) atoms. The van der Waals surface area contributed by atoms with E-state index in [-0.39, 0.29) is 17.5 Å². The van der Waals surface area contributed by atoms with E-state index in [1.165, 1.54) is 19.3 Å². The van der Waals surface area contributed by atoms with Gasteiger partial charge in [-0.15, -0.1) is 0 Å². The molecule has 1 heterocycles. The fraction of sp³-hybridized carbons (Fsp3) is 0.611. The van der Waals surface area contributed by atoms with Crippen LogP contribution in [-0.4, -0.2) is 57.5 Å². The zero-order valence-electron chi connectivity index (χ0n) is 27.7. The number of phenols is 1. The van der Waals surface area contributed by atoms with Gasteiger partial charge in [0.1, 0.15) is 5.60 Å². The number of aryl methyl sites for hydroxylation is 1. The Kier molecular flexibility index (Phi) is 10.4. The Labute approximate surface area is 263 Å². The minimum absolute atomic E-state index is 0.0394. The zero-order valence-corrected chi connectivity index (χ0v) is 27.7. The number of nitrogens with one attached hydrogen (secondary N) is 1. The van der Waals surface area contributed by atoms with Gasteiger partial charge in [-0.3, -0.25) is 10.2 Å². The molecule has 0 aromatic heterocycles. The van der Waals surface area contributed by atoms with Gasteiger partial charge in [0.2, 0.25) is 0 Å². The average molecular weight is 609 g/mol. The number of anilines is 1. The topological polar surface area (TPSA) is 108 Å². The highest BCUT2D eigenvalue weighted by atomic mass is 16.6. The normalized spacial score (nSPS) is 25.5. The number of carbonyl (C=O) groups is 2. The molecule has 1 amide bonds. The molecule has 0 radical (unpaired) electrons. The summed E-state index contributed by atoms with van der Waals surface area (Å²) in [6.07, 6.45) is 7.19. The minimum atomic E-state index is -0.994. The van der Waals surface area contributed by atoms with Crippen LogP contribution in [0.15, 0.2) is 36.4 Å². The zero-order chi connectivity index (χ0) is 32.3. The van der Waals surface area contributed by atoms with Gasteiger partial charge in [0, 0.05) is 29.3 Å². The van der Waals surface area contributed by atoms with Gasteiger partial charge in [0.15, 0.2) is 11.5 Å². The fourth-order valence-electron chi connectivity index (χ4n) is 7.41. The molecule has 1 aliphatic heterocycles. The molecule has 5 rings (SSSR count). The lowest BCUT2D eigenvalue weighted by atomic mass is 9.53. The molecule has 2 aromatic carbocycles. The van der Waals surface area contributed by atoms with E-state index in [2.05, 4.69) is 17.1 Å². The number of hydrogen-bond acceptors (Lipinski definition) is 7. The Bertz CT molecular complexity index is 1320. The number of carbonyl (C=O) groups excluding carboxylic acids is 2. The molecule has 2 aliphatic carbocycles. The number of ether oxygens (including phenoxy) is 2. The van der Waals surface area contributed by atoms with Crippen molar-refractivity contribution in [3.05, 3.63) is 53.1 Å². The highest BCUT2D eigenvalue weighted by molar-refractivity contribution is 5.91. The van der Waals surface area contributed by atoms with Crippen LogP contribution in [-0.2, 0) is 10.2 Å². The van der Waals surface area contributed by atoms with Gasteiger partial charge in [0.25, 0.3) is 0 Å². The summed E-state index contributed by atoms with van der Waals surface area (Å²) in [6.45, 7) is 15.4. The lowest BCUT2D eigenvalue weighted by Gasteiger charge is -2.61. The molecule has 3 fully saturated rings. The summed E-state index contributed by atoms with van der Waals surface area (Å²) in [5, 5.41) is 26.8. The second-order valence-electron chi connectivity index (χ2n) is 13.6. The van der Waals surface area contributed by atoms with Crippen LogP contribution in [0.2, 0.25) is 0 Å². The highest BCUT2D eigenvalue weighted by Gasteiger charge is 2.60. The van der Waals surface area contributed by atoms with Crippen molar-refractivity contribution in [2.24, 2.45) is 5.92 Å². The molecule has 242 valence electrons. The first kappa shape index (κ1) is 33.8. The summed E-state index contributed by atoms with van der Waals surface area (Å²) in [4.78, 5) is 27.7. The number of rotatable bonds is 6. The van der Waals surface area contributed by atoms with Crippen LogP contribution >= 0.6 is 0 Å². The number of hydrogen-bond donors (Lipinski definition) is 3. The Hall–Kier alpha value is -3.10. The summed E-state index contributed by atoms with van der Waals surface area (Å²) in [5.74, 6) is 0.251. The maximum Gasteiger partial charge on any atom is 0.417 e. The number of amides is 1. The number of benzene rings is 2. The molecule has 2 saturated carbocycles. The SMILES string of the molecule is CC.Cc1ccc(OC(=O)Nc2ccc(C(=O)OC(C)(C)C)cc2)c(O)c1C12CCCC[C@@]1(O)C(C)N(CC1CCC1)CC2. The van der Waals surface area contributed by atoms with E-state index in [0.29, 0.717) is 29.2 Å². The van der Waals surface area contributed by atoms with E-state index in [1.807, 2.05) is 26.8 Å². The quantitative estimate of drug-likeness (QED) is 0.288. The van der Waals surface area contributed by atoms with E-state index >= 15 is 0 Å². The summed E-state index contributed by atoms with van der Waals surface area (Å²) in [5.41, 5.74) is 0.174. The third-order valence-electron chi connectivity index (χ3n) is 9.82. The van der Waals surface area contributed by atoms with Crippen molar-refractivity contribution in [2.75, 3.05) is 18.4 Å². The summed E-state index contributed by atoms with van der Waals surface area (Å²) < 4.78 is 11.0. The molecule has 1 saturated heterocycles. The van der Waals surface area contributed by atoms with E-state index in [9.17, 15) is 19.8 Å². The van der Waals surface area contributed by atoms with Crippen molar-refractivity contribution >= 4 is 17.7 Å². The van der Waals surface area contributed by atoms with Gasteiger partial charge in [-0.25, -0.2) is 9.59 Å². The average Bonchev–Trinajstić information content (AvgIpc) is 2.95. The molecule has 0 spiro atoms. The Morgan fingerprint density at radius 2 is 1.66 bits per heavy atom. The minimum Gasteiger partial charge on any atom is -0.504 e. The molecule has 8 heteroatoms. The van der Waals surface area contributed by atoms with Crippen LogP contribution in [0, 0.1) is 12.8 Å². The van der Waals surface area contributed by atoms with E-state index < -0.39 is 28.7 Å². The van der Waals surface area contributed by atoms with E-state index in [1.54, 1.807) is 51.1 Å². The standard InChI is InChI=1S/C34H46N2O6.C2H6/c1-22-11-16-27(41-31(39)35-26-14-12-25(13-15-26)30(38)42-32(3,4)5)29(37)28(22)33-17-6-7-18-34(33,40)23(2)36(20-19-33)21-24-9-8-10-24;1-2/h11-16,23-24,37,40H,6-10,17-21H2,1-5H3,(H,35,39);1-2H3/t23?,33?,34-;/m1./s1. The number of esters is 1. The molecule has 3 aliphatic rings. The molecule has 2 unspecified atom stereocenters. The highest BCUT2D eigenvalue weighted by Crippen LogP contribution is 2.58. The first-order valence-electron chi connectivity index (χ1n) is 16.4. The number of fused-ring (bicyclic) bond motifs is 1. The molecular weight excluding hydrogens is 556 g/mol. The Balaban J connectivity index is 0.00000216. The first-order valence-corrected chi connectivity index (χ1v) is 16.4. The largest absolute Gasteiger partial charge is 0.504 e. The number of aliphatic hydroxyl groups is 1. The number of phenolic OH excluding ortho intramolecular Hbond substituents is 1. The maximum absolute atomic E-state index is 12.9. The summed E-state index contributed by atoms with van der Waals surface area (Å²) >= 11 is 0. The molecule has 3 atom stereocenters. The fourth-order valence-corrected chi connectivity index (χ4v) is 7.41. The van der Waals surface area contributed by atoms with Crippen LogP contribution < -0.4 is 10.1 Å². The van der Waals surface area contributed by atoms with Crippen molar-refractivity contribution in [3.8, 4) is 11.5 Å². The molecule has 2 aromatic rings. The van der Waals surface area contributed by atoms with Gasteiger partial charge < -0.3 is 19.7 Å². The Morgan fingerprint density at radius 3 is 2.27 bits per heavy atom. The van der Waals surface area contributed by atoms with Gasteiger partial charge in [-0.2, -0.15) is 0 Å². The molecular formula is C36H52N2O6. The molecule has 8 nitrogen and oxygen atoms in total. The number of nitrogens with zero attached hydrogens (tertiary/aromatic N) is 1. The summed E-state index contributed by atoms with van der Waals surface area (Å²) in [7, 11) is 0. The van der Waals surface area contributed by atoms with Crippen LogP contribution in [0.1, 0.15) is 114 Å². The lowest BCUT2D eigenvalue weighted by molar-refractivity contribution is -0.158. The van der Waals surface area contributed by atoms with Crippen molar-refractivity contribution in [3.63, 3.8) is 0 Å². The monoisotopic (exact) mass is 608 g/mol. The van der Waals surface area contributed by atoms with Crippen molar-refractivity contribution in [2.45, 2.75) is 122 Å².